The Bertz CT molecular complexity index is 967. The molecule has 0 atom stereocenters. The summed E-state index contributed by atoms with van der Waals surface area (Å²) in [5.74, 6) is 0.716. The van der Waals surface area contributed by atoms with Gasteiger partial charge in [0.1, 0.15) is 0 Å². The lowest BCUT2D eigenvalue weighted by Crippen LogP contribution is -2.26. The average Bonchev–Trinajstić information content (AvgIpc) is 3.08. The molecule has 3 rings (SSSR count). The van der Waals surface area contributed by atoms with Gasteiger partial charge in [0.15, 0.2) is 0 Å². The van der Waals surface area contributed by atoms with Crippen molar-refractivity contribution in [2.45, 2.75) is 46.5 Å². The van der Waals surface area contributed by atoms with E-state index in [4.69, 9.17) is 5.10 Å². The molecule has 0 aliphatic heterocycles. The van der Waals surface area contributed by atoms with E-state index in [-0.39, 0.29) is 10.6 Å². The summed E-state index contributed by atoms with van der Waals surface area (Å²) in [7, 11) is 0. The summed E-state index contributed by atoms with van der Waals surface area (Å²) in [4.78, 5) is 16.0. The van der Waals surface area contributed by atoms with Crippen LogP contribution in [0.5, 0.6) is 0 Å². The molecule has 1 saturated carbocycles. The SMILES string of the molecule is C=CCN=c1scc(-c2ccc([N+](=O)[O-])cc2)n1N=C1CCC(C(C)(C)C)CC1. The normalized spacial score (nSPS) is 18.0. The lowest BCUT2D eigenvalue weighted by Gasteiger charge is -2.34. The maximum Gasteiger partial charge on any atom is 0.269 e. The lowest BCUT2D eigenvalue weighted by atomic mass is 9.72. The molecule has 154 valence electrons. The fourth-order valence-corrected chi connectivity index (χ4v) is 4.50. The summed E-state index contributed by atoms with van der Waals surface area (Å²) >= 11 is 1.52. The molecule has 1 heterocycles. The number of aromatic nitrogens is 1. The molecule has 6 nitrogen and oxygen atoms in total. The van der Waals surface area contributed by atoms with Gasteiger partial charge in [-0.3, -0.25) is 15.1 Å². The molecule has 29 heavy (non-hydrogen) atoms. The Balaban J connectivity index is 1.95. The topological polar surface area (TPSA) is 72.8 Å². The first-order valence-corrected chi connectivity index (χ1v) is 10.8. The van der Waals surface area contributed by atoms with Gasteiger partial charge >= 0.3 is 0 Å². The van der Waals surface area contributed by atoms with E-state index in [0.29, 0.717) is 17.9 Å². The van der Waals surface area contributed by atoms with Crippen LogP contribution in [0.2, 0.25) is 0 Å². The summed E-state index contributed by atoms with van der Waals surface area (Å²) in [6.45, 7) is 11.2. The minimum absolute atomic E-state index is 0.0823. The third-order valence-corrected chi connectivity index (χ3v) is 6.30. The monoisotopic (exact) mass is 412 g/mol. The van der Waals surface area contributed by atoms with Crippen molar-refractivity contribution in [3.8, 4) is 11.3 Å². The van der Waals surface area contributed by atoms with Gasteiger partial charge in [0, 0.05) is 28.8 Å². The molecule has 0 unspecified atom stereocenters. The largest absolute Gasteiger partial charge is 0.269 e. The van der Waals surface area contributed by atoms with E-state index in [0.717, 1.165) is 41.7 Å². The van der Waals surface area contributed by atoms with Gasteiger partial charge in [-0.1, -0.05) is 26.8 Å². The molecule has 1 aromatic heterocycles. The van der Waals surface area contributed by atoms with Gasteiger partial charge in [-0.25, -0.2) is 4.68 Å². The lowest BCUT2D eigenvalue weighted by molar-refractivity contribution is -0.384. The Morgan fingerprint density at radius 1 is 1.28 bits per heavy atom. The van der Waals surface area contributed by atoms with Crippen molar-refractivity contribution in [3.63, 3.8) is 0 Å². The number of hydrogen-bond donors (Lipinski definition) is 0. The first kappa shape index (κ1) is 21.2. The van der Waals surface area contributed by atoms with Crippen LogP contribution >= 0.6 is 11.3 Å². The van der Waals surface area contributed by atoms with Crippen molar-refractivity contribution in [1.82, 2.24) is 4.68 Å². The second kappa shape index (κ2) is 8.86. The predicted molar refractivity (Wildman–Crippen MR) is 119 cm³/mol. The Labute approximate surface area is 175 Å². The van der Waals surface area contributed by atoms with E-state index in [9.17, 15) is 10.1 Å². The third kappa shape index (κ3) is 5.09. The highest BCUT2D eigenvalue weighted by Gasteiger charge is 2.28. The van der Waals surface area contributed by atoms with Crippen LogP contribution < -0.4 is 4.80 Å². The van der Waals surface area contributed by atoms with Gasteiger partial charge in [-0.05, 0) is 49.1 Å². The van der Waals surface area contributed by atoms with Gasteiger partial charge in [-0.15, -0.1) is 17.9 Å². The molecule has 0 amide bonds. The Hall–Kier alpha value is -2.54. The van der Waals surface area contributed by atoms with Crippen LogP contribution in [-0.4, -0.2) is 21.9 Å². The van der Waals surface area contributed by atoms with Gasteiger partial charge in [-0.2, -0.15) is 5.10 Å². The number of thiazole rings is 1. The van der Waals surface area contributed by atoms with Crippen molar-refractivity contribution in [2.24, 2.45) is 21.4 Å². The standard InChI is InChI=1S/C22H28N4O2S/c1-5-14-23-21-25(24-18-10-8-17(9-11-18)22(2,3)4)20(15-29-21)16-6-12-19(13-7-16)26(27)28/h5-7,12-13,15,17H,1,8-11,14H2,2-4H3. The van der Waals surface area contributed by atoms with E-state index >= 15 is 0 Å². The third-order valence-electron chi connectivity index (χ3n) is 5.44. The van der Waals surface area contributed by atoms with Crippen molar-refractivity contribution >= 4 is 22.7 Å². The molecule has 0 saturated heterocycles. The maximum absolute atomic E-state index is 11.0. The van der Waals surface area contributed by atoms with E-state index in [1.165, 1.54) is 29.2 Å². The van der Waals surface area contributed by atoms with Crippen LogP contribution in [0.4, 0.5) is 5.69 Å². The number of benzene rings is 1. The van der Waals surface area contributed by atoms with Crippen molar-refractivity contribution in [2.75, 3.05) is 6.54 Å². The molecule has 0 N–H and O–H groups in total. The van der Waals surface area contributed by atoms with Gasteiger partial charge < -0.3 is 0 Å². The van der Waals surface area contributed by atoms with Crippen LogP contribution in [0.15, 0.2) is 52.4 Å². The zero-order chi connectivity index (χ0) is 21.0. The summed E-state index contributed by atoms with van der Waals surface area (Å²) in [5, 5.41) is 17.9. The molecule has 7 heteroatoms. The molecule has 0 radical (unpaired) electrons. The van der Waals surface area contributed by atoms with Crippen LogP contribution in [0.25, 0.3) is 11.3 Å². The number of hydrogen-bond acceptors (Lipinski definition) is 5. The highest BCUT2D eigenvalue weighted by molar-refractivity contribution is 7.07. The van der Waals surface area contributed by atoms with E-state index in [2.05, 4.69) is 32.3 Å². The Morgan fingerprint density at radius 3 is 2.48 bits per heavy atom. The molecular weight excluding hydrogens is 384 g/mol. The number of rotatable bonds is 5. The summed E-state index contributed by atoms with van der Waals surface area (Å²) in [6.07, 6.45) is 6.05. The minimum atomic E-state index is -0.385. The Kier molecular flexibility index (Phi) is 6.47. The first-order valence-electron chi connectivity index (χ1n) is 9.93. The highest BCUT2D eigenvalue weighted by Crippen LogP contribution is 2.37. The van der Waals surface area contributed by atoms with Crippen LogP contribution in [-0.2, 0) is 0 Å². The Morgan fingerprint density at radius 2 is 1.93 bits per heavy atom. The molecule has 0 bridgehead atoms. The first-order chi connectivity index (χ1) is 13.8. The van der Waals surface area contributed by atoms with Gasteiger partial charge in [0.05, 0.1) is 17.2 Å². The number of nitro benzene ring substituents is 1. The number of non-ortho nitro benzene ring substituents is 1. The molecule has 1 aromatic carbocycles. The predicted octanol–water partition coefficient (Wildman–Crippen LogP) is 5.65. The number of nitrogens with zero attached hydrogens (tertiary/aromatic N) is 4. The van der Waals surface area contributed by atoms with E-state index < -0.39 is 0 Å². The minimum Gasteiger partial charge on any atom is -0.258 e. The molecule has 2 aromatic rings. The second-order valence-corrected chi connectivity index (χ2v) is 9.29. The van der Waals surface area contributed by atoms with Crippen molar-refractivity contribution in [1.29, 1.82) is 0 Å². The van der Waals surface area contributed by atoms with Crippen LogP contribution in [0.1, 0.15) is 46.5 Å². The quantitative estimate of drug-likeness (QED) is 0.361. The summed E-state index contributed by atoms with van der Waals surface area (Å²) < 4.78 is 1.89. The molecule has 1 aliphatic rings. The smallest absolute Gasteiger partial charge is 0.258 e. The van der Waals surface area contributed by atoms with Crippen molar-refractivity contribution in [3.05, 3.63) is 57.2 Å². The fourth-order valence-electron chi connectivity index (χ4n) is 3.66. The summed E-state index contributed by atoms with van der Waals surface area (Å²) in [5.41, 5.74) is 3.39. The maximum atomic E-state index is 11.0. The second-order valence-electron chi connectivity index (χ2n) is 8.46. The fraction of sp³-hybridized carbons (Fsp3) is 0.455. The molecular formula is C22H28N4O2S. The highest BCUT2D eigenvalue weighted by atomic mass is 32.1. The van der Waals surface area contributed by atoms with Crippen LogP contribution in [0.3, 0.4) is 0 Å². The molecule has 1 fully saturated rings. The molecule has 1 aliphatic carbocycles. The van der Waals surface area contributed by atoms with Gasteiger partial charge in [0.2, 0.25) is 4.80 Å². The van der Waals surface area contributed by atoms with Crippen molar-refractivity contribution < 1.29 is 4.92 Å². The zero-order valence-corrected chi connectivity index (χ0v) is 18.1. The van der Waals surface area contributed by atoms with Crippen LogP contribution in [0, 0.1) is 21.4 Å². The average molecular weight is 413 g/mol. The van der Waals surface area contributed by atoms with E-state index in [1.54, 1.807) is 18.2 Å². The van der Waals surface area contributed by atoms with E-state index in [1.807, 2.05) is 10.1 Å². The zero-order valence-electron chi connectivity index (χ0n) is 17.3. The van der Waals surface area contributed by atoms with Gasteiger partial charge in [0.25, 0.3) is 5.69 Å². The molecule has 0 spiro atoms. The number of nitro groups is 1. The summed E-state index contributed by atoms with van der Waals surface area (Å²) in [6, 6.07) is 6.59.